The van der Waals surface area contributed by atoms with Crippen LogP contribution in [0, 0.1) is 18.3 Å². The van der Waals surface area contributed by atoms with Crippen molar-refractivity contribution < 1.29 is 4.79 Å². The molecule has 1 unspecified atom stereocenters. The van der Waals surface area contributed by atoms with Gasteiger partial charge < -0.3 is 10.6 Å². The maximum absolute atomic E-state index is 13.4. The van der Waals surface area contributed by atoms with Gasteiger partial charge in [0.25, 0.3) is 0 Å². The van der Waals surface area contributed by atoms with Crippen LogP contribution in [0.4, 0.5) is 5.82 Å². The number of pyridine rings is 1. The first-order valence-electron chi connectivity index (χ1n) is 11.5. The van der Waals surface area contributed by atoms with Crippen molar-refractivity contribution in [2.75, 3.05) is 11.9 Å². The van der Waals surface area contributed by atoms with Crippen molar-refractivity contribution in [2.45, 2.75) is 25.8 Å². The fourth-order valence-electron chi connectivity index (χ4n) is 4.00. The number of benzene rings is 2. The monoisotopic (exact) mass is 464 g/mol. The Morgan fingerprint density at radius 3 is 2.43 bits per heavy atom. The molecule has 2 heterocycles. The van der Waals surface area contributed by atoms with Gasteiger partial charge in [-0.25, -0.2) is 4.98 Å². The summed E-state index contributed by atoms with van der Waals surface area (Å²) in [6.45, 7) is 4.60. The number of rotatable bonds is 8. The third-order valence-corrected chi connectivity index (χ3v) is 5.99. The third-order valence-electron chi connectivity index (χ3n) is 5.99. The number of nitriles is 1. The molecule has 0 radical (unpaired) electrons. The zero-order valence-electron chi connectivity index (χ0n) is 20.1. The van der Waals surface area contributed by atoms with E-state index in [4.69, 9.17) is 5.26 Å². The van der Waals surface area contributed by atoms with Crippen LogP contribution in [0.5, 0.6) is 0 Å². The normalized spacial score (nSPS) is 12.5. The number of carbonyl (C=O) groups is 1. The zero-order chi connectivity index (χ0) is 24.8. The van der Waals surface area contributed by atoms with Gasteiger partial charge in [0.2, 0.25) is 5.91 Å². The van der Waals surface area contributed by atoms with Gasteiger partial charge in [0, 0.05) is 36.6 Å². The second kappa shape index (κ2) is 10.8. The molecule has 0 aliphatic rings. The average Bonchev–Trinajstić information content (AvgIpc) is 3.30. The van der Waals surface area contributed by atoms with Crippen molar-refractivity contribution in [1.29, 1.82) is 5.26 Å². The SMILES string of the molecule is Cc1nc(NC(=O)C(NC[C@@H](C)c2ccc(C#N)cc2)c2ccccc2)ccc1-c1cnn(C)c1. The summed E-state index contributed by atoms with van der Waals surface area (Å²) in [5.41, 5.74) is 5.39. The Balaban J connectivity index is 1.49. The van der Waals surface area contributed by atoms with E-state index >= 15 is 0 Å². The Bertz CT molecular complexity index is 1340. The highest BCUT2D eigenvalue weighted by molar-refractivity contribution is 5.95. The summed E-state index contributed by atoms with van der Waals surface area (Å²) in [6.07, 6.45) is 3.74. The minimum atomic E-state index is -0.544. The number of hydrogen-bond acceptors (Lipinski definition) is 5. The molecule has 2 aromatic carbocycles. The highest BCUT2D eigenvalue weighted by atomic mass is 16.2. The first-order valence-corrected chi connectivity index (χ1v) is 11.5. The van der Waals surface area contributed by atoms with Gasteiger partial charge in [0.15, 0.2) is 0 Å². The van der Waals surface area contributed by atoms with Crippen LogP contribution in [0.15, 0.2) is 79.1 Å². The predicted molar refractivity (Wildman–Crippen MR) is 137 cm³/mol. The molecule has 2 atom stereocenters. The van der Waals surface area contributed by atoms with Crippen molar-refractivity contribution in [3.05, 3.63) is 102 Å². The Kier molecular flexibility index (Phi) is 7.34. The zero-order valence-corrected chi connectivity index (χ0v) is 20.1. The van der Waals surface area contributed by atoms with Gasteiger partial charge >= 0.3 is 0 Å². The highest BCUT2D eigenvalue weighted by Crippen LogP contribution is 2.24. The first kappa shape index (κ1) is 23.9. The molecule has 35 heavy (non-hydrogen) atoms. The van der Waals surface area contributed by atoms with E-state index in [0.717, 1.165) is 27.9 Å². The fourth-order valence-corrected chi connectivity index (χ4v) is 4.00. The summed E-state index contributed by atoms with van der Waals surface area (Å²) in [7, 11) is 1.87. The maximum atomic E-state index is 13.4. The number of aromatic nitrogens is 3. The Labute approximate surface area is 205 Å². The second-order valence-corrected chi connectivity index (χ2v) is 8.61. The summed E-state index contributed by atoms with van der Waals surface area (Å²) in [6, 6.07) is 22.6. The standard InChI is InChI=1S/C28H28N6O/c1-19(22-11-9-21(15-29)10-12-22)16-30-27(23-7-5-4-6-8-23)28(35)33-26-14-13-25(20(2)32-26)24-17-31-34(3)18-24/h4-14,17-19,27,30H,16H2,1-3H3,(H,32,33,35)/t19-,27?/m1/s1. The van der Waals surface area contributed by atoms with Crippen LogP contribution >= 0.6 is 0 Å². The number of hydrogen-bond donors (Lipinski definition) is 2. The minimum absolute atomic E-state index is 0.154. The van der Waals surface area contributed by atoms with E-state index in [1.807, 2.05) is 86.9 Å². The predicted octanol–water partition coefficient (Wildman–Crippen LogP) is 4.74. The average molecular weight is 465 g/mol. The lowest BCUT2D eigenvalue weighted by Crippen LogP contribution is -2.35. The van der Waals surface area contributed by atoms with Crippen LogP contribution in [0.25, 0.3) is 11.1 Å². The van der Waals surface area contributed by atoms with E-state index in [9.17, 15) is 4.79 Å². The van der Waals surface area contributed by atoms with Gasteiger partial charge in [-0.15, -0.1) is 0 Å². The molecule has 1 amide bonds. The van der Waals surface area contributed by atoms with Crippen molar-refractivity contribution in [2.24, 2.45) is 7.05 Å². The molecule has 4 aromatic rings. The molecule has 4 rings (SSSR count). The number of anilines is 1. The minimum Gasteiger partial charge on any atom is -0.309 e. The van der Waals surface area contributed by atoms with Gasteiger partial charge in [0.05, 0.1) is 17.8 Å². The van der Waals surface area contributed by atoms with E-state index < -0.39 is 6.04 Å². The number of amides is 1. The van der Waals surface area contributed by atoms with Crippen molar-refractivity contribution in [3.63, 3.8) is 0 Å². The molecule has 0 spiro atoms. The van der Waals surface area contributed by atoms with E-state index in [1.54, 1.807) is 10.9 Å². The van der Waals surface area contributed by atoms with Crippen molar-refractivity contribution in [3.8, 4) is 17.2 Å². The van der Waals surface area contributed by atoms with Gasteiger partial charge in [0.1, 0.15) is 11.9 Å². The van der Waals surface area contributed by atoms with E-state index in [1.165, 1.54) is 0 Å². The smallest absolute Gasteiger partial charge is 0.247 e. The molecule has 0 saturated carbocycles. The first-order chi connectivity index (χ1) is 16.9. The molecule has 0 saturated heterocycles. The molecule has 176 valence electrons. The largest absolute Gasteiger partial charge is 0.309 e. The van der Waals surface area contributed by atoms with Crippen molar-refractivity contribution in [1.82, 2.24) is 20.1 Å². The number of carbonyl (C=O) groups excluding carboxylic acids is 1. The lowest BCUT2D eigenvalue weighted by molar-refractivity contribution is -0.118. The van der Waals surface area contributed by atoms with E-state index in [0.29, 0.717) is 17.9 Å². The van der Waals surface area contributed by atoms with Gasteiger partial charge in [-0.1, -0.05) is 49.4 Å². The third kappa shape index (κ3) is 5.81. The summed E-state index contributed by atoms with van der Waals surface area (Å²) in [4.78, 5) is 18.0. The van der Waals surface area contributed by atoms with E-state index in [2.05, 4.69) is 33.7 Å². The molecule has 0 fully saturated rings. The van der Waals surface area contributed by atoms with Crippen LogP contribution in [0.1, 0.15) is 41.3 Å². The fraction of sp³-hybridized carbons (Fsp3) is 0.214. The van der Waals surface area contributed by atoms with Crippen LogP contribution in [0.2, 0.25) is 0 Å². The molecule has 2 N–H and O–H groups in total. The molecular weight excluding hydrogens is 436 g/mol. The number of aryl methyl sites for hydroxylation is 2. The molecule has 2 aromatic heterocycles. The molecule has 0 aliphatic heterocycles. The summed E-state index contributed by atoms with van der Waals surface area (Å²) in [5.74, 6) is 0.480. The molecule has 7 heteroatoms. The topological polar surface area (TPSA) is 95.6 Å². The van der Waals surface area contributed by atoms with Gasteiger partial charge in [-0.2, -0.15) is 10.4 Å². The molecular formula is C28H28N6O. The summed E-state index contributed by atoms with van der Waals surface area (Å²) < 4.78 is 1.75. The lowest BCUT2D eigenvalue weighted by atomic mass is 9.98. The number of nitrogens with one attached hydrogen (secondary N) is 2. The van der Waals surface area contributed by atoms with Gasteiger partial charge in [-0.05, 0) is 48.2 Å². The molecule has 0 bridgehead atoms. The van der Waals surface area contributed by atoms with Crippen LogP contribution in [-0.4, -0.2) is 27.2 Å². The quantitative estimate of drug-likeness (QED) is 0.393. The highest BCUT2D eigenvalue weighted by Gasteiger charge is 2.22. The molecule has 0 aliphatic carbocycles. The van der Waals surface area contributed by atoms with Crippen molar-refractivity contribution >= 4 is 11.7 Å². The lowest BCUT2D eigenvalue weighted by Gasteiger charge is -2.21. The molecule has 7 nitrogen and oxygen atoms in total. The summed E-state index contributed by atoms with van der Waals surface area (Å²) >= 11 is 0. The Morgan fingerprint density at radius 1 is 1.06 bits per heavy atom. The van der Waals surface area contributed by atoms with E-state index in [-0.39, 0.29) is 11.8 Å². The van der Waals surface area contributed by atoms with Crippen LogP contribution < -0.4 is 10.6 Å². The van der Waals surface area contributed by atoms with Crippen LogP contribution in [-0.2, 0) is 11.8 Å². The van der Waals surface area contributed by atoms with Crippen LogP contribution in [0.3, 0.4) is 0 Å². The second-order valence-electron chi connectivity index (χ2n) is 8.61. The Morgan fingerprint density at radius 2 is 1.80 bits per heavy atom. The maximum Gasteiger partial charge on any atom is 0.247 e. The van der Waals surface area contributed by atoms with Gasteiger partial charge in [-0.3, -0.25) is 9.48 Å². The Hall–Kier alpha value is -4.28. The summed E-state index contributed by atoms with van der Waals surface area (Å²) in [5, 5.41) is 19.6. The number of nitrogens with zero attached hydrogens (tertiary/aromatic N) is 4.